The van der Waals surface area contributed by atoms with Crippen LogP contribution in [0.5, 0.6) is 0 Å². The molecule has 0 aliphatic heterocycles. The van der Waals surface area contributed by atoms with E-state index < -0.39 is 11.8 Å². The van der Waals surface area contributed by atoms with E-state index in [-0.39, 0.29) is 6.54 Å². The Morgan fingerprint density at radius 2 is 1.95 bits per heavy atom. The second-order valence-corrected chi connectivity index (χ2v) is 5.44. The average molecular weight is 322 g/mol. The lowest BCUT2D eigenvalue weighted by Crippen LogP contribution is -2.37. The molecule has 0 aliphatic rings. The number of amides is 2. The zero-order valence-corrected chi connectivity index (χ0v) is 12.4. The minimum absolute atomic E-state index is 0.248. The largest absolute Gasteiger partial charge is 0.344 e. The summed E-state index contributed by atoms with van der Waals surface area (Å²) in [5, 5.41) is 8.71. The molecule has 1 aromatic heterocycles. The Balaban J connectivity index is 1.77. The number of carbonyl (C=O) groups is 2. The maximum atomic E-state index is 11.6. The number of halogens is 1. The lowest BCUT2D eigenvalue weighted by atomic mass is 10.2. The molecule has 2 rings (SSSR count). The third-order valence-corrected chi connectivity index (χ3v) is 3.53. The summed E-state index contributed by atoms with van der Waals surface area (Å²) in [5.74, 6) is -1.55. The summed E-state index contributed by atoms with van der Waals surface area (Å²) in [5.41, 5.74) is 3.02. The number of nitrogens with one attached hydrogen (secondary N) is 2. The molecule has 5 nitrogen and oxygen atoms in total. The van der Waals surface area contributed by atoms with Gasteiger partial charge in [-0.05, 0) is 29.1 Å². The number of benzene rings is 1. The summed E-state index contributed by atoms with van der Waals surface area (Å²) < 4.78 is 0. The van der Waals surface area contributed by atoms with E-state index in [0.29, 0.717) is 5.02 Å². The van der Waals surface area contributed by atoms with E-state index in [4.69, 9.17) is 11.6 Å². The zero-order valence-electron chi connectivity index (χ0n) is 10.9. The molecule has 0 fully saturated rings. The summed E-state index contributed by atoms with van der Waals surface area (Å²) in [6.07, 6.45) is 1.48. The molecule has 2 amide bonds. The van der Waals surface area contributed by atoms with Crippen molar-refractivity contribution in [1.29, 1.82) is 0 Å². The van der Waals surface area contributed by atoms with E-state index >= 15 is 0 Å². The van der Waals surface area contributed by atoms with Crippen LogP contribution in [0.25, 0.3) is 0 Å². The highest BCUT2D eigenvalue weighted by Crippen LogP contribution is 2.09. The third-order valence-electron chi connectivity index (χ3n) is 2.47. The molecule has 2 aromatic rings. The van der Waals surface area contributed by atoms with E-state index in [1.165, 1.54) is 17.6 Å². The fourth-order valence-corrected chi connectivity index (χ4v) is 2.15. The third kappa shape index (κ3) is 5.02. The number of carbonyl (C=O) groups excluding carboxylic acids is 2. The van der Waals surface area contributed by atoms with Gasteiger partial charge in [0, 0.05) is 16.4 Å². The van der Waals surface area contributed by atoms with Crippen molar-refractivity contribution < 1.29 is 9.59 Å². The van der Waals surface area contributed by atoms with Crippen LogP contribution in [0.15, 0.2) is 46.9 Å². The Hall–Kier alpha value is -2.18. The first-order valence-electron chi connectivity index (χ1n) is 6.04. The van der Waals surface area contributed by atoms with E-state index in [2.05, 4.69) is 15.8 Å². The monoisotopic (exact) mass is 321 g/mol. The van der Waals surface area contributed by atoms with Crippen LogP contribution in [0.3, 0.4) is 0 Å². The van der Waals surface area contributed by atoms with Gasteiger partial charge in [-0.3, -0.25) is 9.59 Å². The standard InChI is InChI=1S/C14H12ClN3O2S/c15-11-5-3-10(4-6-11)8-16-13(19)14(20)18-17-9-12-2-1-7-21-12/h1-7,9H,8H2,(H,16,19)(H,18,20)/b17-9+. The summed E-state index contributed by atoms with van der Waals surface area (Å²) in [6.45, 7) is 0.248. The van der Waals surface area contributed by atoms with Gasteiger partial charge in [-0.15, -0.1) is 11.3 Å². The molecule has 2 N–H and O–H groups in total. The van der Waals surface area contributed by atoms with Gasteiger partial charge in [0.05, 0.1) is 6.21 Å². The Labute approximate surface area is 130 Å². The highest BCUT2D eigenvalue weighted by atomic mass is 35.5. The van der Waals surface area contributed by atoms with Crippen LogP contribution in [0.1, 0.15) is 10.4 Å². The van der Waals surface area contributed by atoms with Crippen LogP contribution in [0.2, 0.25) is 5.02 Å². The fourth-order valence-electron chi connectivity index (χ4n) is 1.43. The van der Waals surface area contributed by atoms with Gasteiger partial charge in [0.1, 0.15) is 0 Å². The van der Waals surface area contributed by atoms with E-state index in [9.17, 15) is 9.59 Å². The first-order valence-corrected chi connectivity index (χ1v) is 7.30. The molecular formula is C14H12ClN3O2S. The van der Waals surface area contributed by atoms with Gasteiger partial charge in [0.25, 0.3) is 0 Å². The van der Waals surface area contributed by atoms with Crippen molar-refractivity contribution in [3.8, 4) is 0 Å². The lowest BCUT2D eigenvalue weighted by Gasteiger charge is -2.04. The Morgan fingerprint density at radius 3 is 2.62 bits per heavy atom. The SMILES string of the molecule is O=C(NCc1ccc(Cl)cc1)C(=O)N/N=C/c1cccs1. The summed E-state index contributed by atoms with van der Waals surface area (Å²) in [7, 11) is 0. The second kappa shape index (κ2) is 7.56. The molecule has 108 valence electrons. The quantitative estimate of drug-likeness (QED) is 0.515. The minimum Gasteiger partial charge on any atom is -0.344 e. The smallest absolute Gasteiger partial charge is 0.329 e. The second-order valence-electron chi connectivity index (χ2n) is 4.02. The lowest BCUT2D eigenvalue weighted by molar-refractivity contribution is -0.139. The predicted octanol–water partition coefficient (Wildman–Crippen LogP) is 2.17. The average Bonchev–Trinajstić information content (AvgIpc) is 2.99. The van der Waals surface area contributed by atoms with Crippen molar-refractivity contribution in [3.63, 3.8) is 0 Å². The van der Waals surface area contributed by atoms with Crippen LogP contribution in [-0.4, -0.2) is 18.0 Å². The predicted molar refractivity (Wildman–Crippen MR) is 83.4 cm³/mol. The molecular weight excluding hydrogens is 310 g/mol. The van der Waals surface area contributed by atoms with Crippen molar-refractivity contribution in [1.82, 2.24) is 10.7 Å². The summed E-state index contributed by atoms with van der Waals surface area (Å²) in [4.78, 5) is 23.9. The van der Waals surface area contributed by atoms with Gasteiger partial charge < -0.3 is 5.32 Å². The number of hydrogen-bond acceptors (Lipinski definition) is 4. The Bertz CT molecular complexity index is 639. The van der Waals surface area contributed by atoms with E-state index in [0.717, 1.165) is 10.4 Å². The minimum atomic E-state index is -0.809. The first kappa shape index (κ1) is 15.2. The first-order chi connectivity index (χ1) is 10.1. The Kier molecular flexibility index (Phi) is 5.48. The van der Waals surface area contributed by atoms with Crippen LogP contribution in [0.4, 0.5) is 0 Å². The summed E-state index contributed by atoms with van der Waals surface area (Å²) >= 11 is 7.24. The molecule has 0 spiro atoms. The topological polar surface area (TPSA) is 70.6 Å². The molecule has 0 bridgehead atoms. The maximum absolute atomic E-state index is 11.6. The number of hydrazone groups is 1. The van der Waals surface area contributed by atoms with Crippen molar-refractivity contribution in [3.05, 3.63) is 57.2 Å². The van der Waals surface area contributed by atoms with Crippen molar-refractivity contribution in [2.24, 2.45) is 5.10 Å². The molecule has 1 heterocycles. The van der Waals surface area contributed by atoms with E-state index in [1.54, 1.807) is 24.3 Å². The van der Waals surface area contributed by atoms with Gasteiger partial charge in [-0.25, -0.2) is 5.43 Å². The van der Waals surface area contributed by atoms with Gasteiger partial charge in [0.2, 0.25) is 0 Å². The maximum Gasteiger partial charge on any atom is 0.329 e. The van der Waals surface area contributed by atoms with E-state index in [1.807, 2.05) is 17.5 Å². The van der Waals surface area contributed by atoms with Crippen LogP contribution < -0.4 is 10.7 Å². The molecule has 21 heavy (non-hydrogen) atoms. The van der Waals surface area contributed by atoms with Crippen LogP contribution in [0, 0.1) is 0 Å². The molecule has 0 aliphatic carbocycles. The molecule has 0 saturated heterocycles. The van der Waals surface area contributed by atoms with Crippen LogP contribution in [-0.2, 0) is 16.1 Å². The Morgan fingerprint density at radius 1 is 1.19 bits per heavy atom. The molecule has 0 saturated carbocycles. The van der Waals surface area contributed by atoms with Gasteiger partial charge in [-0.1, -0.05) is 29.8 Å². The van der Waals surface area contributed by atoms with Crippen LogP contribution >= 0.6 is 22.9 Å². The van der Waals surface area contributed by atoms with Crippen molar-refractivity contribution in [2.45, 2.75) is 6.54 Å². The summed E-state index contributed by atoms with van der Waals surface area (Å²) in [6, 6.07) is 10.7. The molecule has 7 heteroatoms. The van der Waals surface area contributed by atoms with Crippen molar-refractivity contribution in [2.75, 3.05) is 0 Å². The fraction of sp³-hybridized carbons (Fsp3) is 0.0714. The van der Waals surface area contributed by atoms with Gasteiger partial charge in [-0.2, -0.15) is 5.10 Å². The number of hydrogen-bond donors (Lipinski definition) is 2. The van der Waals surface area contributed by atoms with Gasteiger partial charge >= 0.3 is 11.8 Å². The number of thiophene rings is 1. The number of nitrogens with zero attached hydrogens (tertiary/aromatic N) is 1. The number of rotatable bonds is 4. The molecule has 0 radical (unpaired) electrons. The normalized spacial score (nSPS) is 10.5. The highest BCUT2D eigenvalue weighted by molar-refractivity contribution is 7.11. The highest BCUT2D eigenvalue weighted by Gasteiger charge is 2.11. The molecule has 0 atom stereocenters. The van der Waals surface area contributed by atoms with Crippen molar-refractivity contribution >= 4 is 41.0 Å². The molecule has 1 aromatic carbocycles. The zero-order chi connectivity index (χ0) is 15.1. The molecule has 0 unspecified atom stereocenters. The van der Waals surface area contributed by atoms with Gasteiger partial charge in [0.15, 0.2) is 0 Å².